The van der Waals surface area contributed by atoms with E-state index in [4.69, 9.17) is 10.5 Å². The highest BCUT2D eigenvalue weighted by molar-refractivity contribution is 5.62. The van der Waals surface area contributed by atoms with Crippen LogP contribution in [0.3, 0.4) is 0 Å². The Morgan fingerprint density at radius 3 is 2.94 bits per heavy atom. The van der Waals surface area contributed by atoms with Gasteiger partial charge in [-0.2, -0.15) is 0 Å². The van der Waals surface area contributed by atoms with Crippen LogP contribution in [0.5, 0.6) is 17.4 Å². The number of pyridine rings is 1. The number of para-hydroxylation sites is 1. The van der Waals surface area contributed by atoms with E-state index in [-0.39, 0.29) is 11.4 Å². The van der Waals surface area contributed by atoms with Gasteiger partial charge in [-0.1, -0.05) is 12.1 Å². The number of phenols is 1. The third kappa shape index (κ3) is 1.86. The molecule has 1 aliphatic carbocycles. The van der Waals surface area contributed by atoms with E-state index in [9.17, 15) is 5.11 Å². The predicted octanol–water partition coefficient (Wildman–Crippen LogP) is 2.65. The smallest absolute Gasteiger partial charge is 0.219 e. The summed E-state index contributed by atoms with van der Waals surface area (Å²) in [7, 11) is 0. The van der Waals surface area contributed by atoms with Crippen LogP contribution in [0.4, 0.5) is 5.69 Å². The van der Waals surface area contributed by atoms with Crippen LogP contribution in [0.2, 0.25) is 0 Å². The van der Waals surface area contributed by atoms with Crippen molar-refractivity contribution in [3.63, 3.8) is 0 Å². The molecule has 0 fully saturated rings. The van der Waals surface area contributed by atoms with Gasteiger partial charge in [0.15, 0.2) is 5.75 Å². The van der Waals surface area contributed by atoms with E-state index in [2.05, 4.69) is 4.98 Å². The summed E-state index contributed by atoms with van der Waals surface area (Å²) in [5.41, 5.74) is 8.38. The summed E-state index contributed by atoms with van der Waals surface area (Å²) in [5.74, 6) is 0.974. The molecular formula is C14H14N2O2. The lowest BCUT2D eigenvalue weighted by Crippen LogP contribution is -1.96. The van der Waals surface area contributed by atoms with Gasteiger partial charge in [-0.05, 0) is 37.0 Å². The first kappa shape index (κ1) is 10.9. The number of anilines is 1. The van der Waals surface area contributed by atoms with Crippen molar-refractivity contribution >= 4 is 5.69 Å². The Balaban J connectivity index is 1.90. The second-order valence-electron chi connectivity index (χ2n) is 4.40. The van der Waals surface area contributed by atoms with Gasteiger partial charge in [0.2, 0.25) is 5.88 Å². The summed E-state index contributed by atoms with van der Waals surface area (Å²) in [4.78, 5) is 4.46. The molecule has 0 spiro atoms. The zero-order chi connectivity index (χ0) is 12.5. The van der Waals surface area contributed by atoms with Crippen LogP contribution in [0.1, 0.15) is 17.7 Å². The third-order valence-electron chi connectivity index (χ3n) is 3.16. The minimum Gasteiger partial charge on any atom is -0.506 e. The highest BCUT2D eigenvalue weighted by Crippen LogP contribution is 2.33. The van der Waals surface area contributed by atoms with Crippen LogP contribution in [-0.2, 0) is 12.8 Å². The van der Waals surface area contributed by atoms with Gasteiger partial charge in [0.1, 0.15) is 11.4 Å². The number of fused-ring (bicyclic) bond motifs is 1. The van der Waals surface area contributed by atoms with Crippen LogP contribution in [0.25, 0.3) is 0 Å². The lowest BCUT2D eigenvalue weighted by molar-refractivity contribution is 0.449. The zero-order valence-electron chi connectivity index (χ0n) is 9.89. The second-order valence-corrected chi connectivity index (χ2v) is 4.40. The van der Waals surface area contributed by atoms with Crippen LogP contribution >= 0.6 is 0 Å². The van der Waals surface area contributed by atoms with E-state index in [1.165, 1.54) is 11.6 Å². The maximum absolute atomic E-state index is 9.51. The number of phenolic OH excluding ortho intramolecular Hbond substituents is 1. The first-order valence-corrected chi connectivity index (χ1v) is 5.98. The minimum atomic E-state index is 0.0219. The number of nitrogens with two attached hydrogens (primary N) is 1. The highest BCUT2D eigenvalue weighted by Gasteiger charge is 2.14. The standard InChI is InChI=1S/C14H14N2O2/c15-14-11(17)5-2-6-12(14)18-13-8-7-9-3-1-4-10(9)16-13/h2,5-8,17H,1,3-4,15H2. The van der Waals surface area contributed by atoms with Gasteiger partial charge in [0.05, 0.1) is 0 Å². The maximum Gasteiger partial charge on any atom is 0.219 e. The van der Waals surface area contributed by atoms with Crippen molar-refractivity contribution in [2.75, 3.05) is 5.73 Å². The predicted molar refractivity (Wildman–Crippen MR) is 68.9 cm³/mol. The number of aromatic nitrogens is 1. The minimum absolute atomic E-state index is 0.0219. The first-order chi connectivity index (χ1) is 8.74. The SMILES string of the molecule is Nc1c(O)cccc1Oc1ccc2c(n1)CCC2. The number of nitrogens with zero attached hydrogens (tertiary/aromatic N) is 1. The molecule has 0 saturated heterocycles. The number of rotatable bonds is 2. The molecule has 3 N–H and O–H groups in total. The zero-order valence-corrected chi connectivity index (χ0v) is 9.89. The van der Waals surface area contributed by atoms with E-state index >= 15 is 0 Å². The van der Waals surface area contributed by atoms with E-state index in [0.29, 0.717) is 11.6 Å². The number of aromatic hydroxyl groups is 1. The fourth-order valence-corrected chi connectivity index (χ4v) is 2.19. The lowest BCUT2D eigenvalue weighted by Gasteiger charge is -2.09. The van der Waals surface area contributed by atoms with Gasteiger partial charge >= 0.3 is 0 Å². The van der Waals surface area contributed by atoms with Crippen molar-refractivity contribution in [3.8, 4) is 17.4 Å². The Morgan fingerprint density at radius 1 is 1.17 bits per heavy atom. The molecule has 1 aromatic carbocycles. The second kappa shape index (κ2) is 4.22. The average molecular weight is 242 g/mol. The summed E-state index contributed by atoms with van der Waals surface area (Å²) in [6.45, 7) is 0. The molecule has 4 heteroatoms. The molecule has 0 unspecified atom stereocenters. The monoisotopic (exact) mass is 242 g/mol. The van der Waals surface area contributed by atoms with Crippen molar-refractivity contribution in [1.29, 1.82) is 0 Å². The fourth-order valence-electron chi connectivity index (χ4n) is 2.19. The molecule has 0 saturated carbocycles. The van der Waals surface area contributed by atoms with Crippen molar-refractivity contribution < 1.29 is 9.84 Å². The van der Waals surface area contributed by atoms with Gasteiger partial charge < -0.3 is 15.6 Å². The Bertz CT molecular complexity index is 596. The number of nitrogen functional groups attached to an aromatic ring is 1. The van der Waals surface area contributed by atoms with Gasteiger partial charge in [0.25, 0.3) is 0 Å². The van der Waals surface area contributed by atoms with Crippen molar-refractivity contribution in [2.45, 2.75) is 19.3 Å². The summed E-state index contributed by atoms with van der Waals surface area (Å²) >= 11 is 0. The Hall–Kier alpha value is -2.23. The van der Waals surface area contributed by atoms with E-state index in [1.54, 1.807) is 12.1 Å². The quantitative estimate of drug-likeness (QED) is 0.627. The topological polar surface area (TPSA) is 68.4 Å². The molecule has 0 radical (unpaired) electrons. The van der Waals surface area contributed by atoms with Crippen LogP contribution in [-0.4, -0.2) is 10.1 Å². The molecule has 0 aliphatic heterocycles. The molecule has 0 atom stereocenters. The van der Waals surface area contributed by atoms with Crippen molar-refractivity contribution in [2.24, 2.45) is 0 Å². The van der Waals surface area contributed by atoms with Gasteiger partial charge in [0, 0.05) is 11.8 Å². The maximum atomic E-state index is 9.51. The third-order valence-corrected chi connectivity index (χ3v) is 3.16. The molecule has 0 bridgehead atoms. The summed E-state index contributed by atoms with van der Waals surface area (Å²) < 4.78 is 5.62. The normalized spacial score (nSPS) is 13.3. The molecule has 1 aromatic heterocycles. The number of aryl methyl sites for hydroxylation is 2. The number of hydrogen-bond acceptors (Lipinski definition) is 4. The fraction of sp³-hybridized carbons (Fsp3) is 0.214. The molecular weight excluding hydrogens is 228 g/mol. The van der Waals surface area contributed by atoms with Gasteiger partial charge in [-0.3, -0.25) is 0 Å². The van der Waals surface area contributed by atoms with E-state index in [0.717, 1.165) is 25.0 Å². The molecule has 1 aliphatic rings. The number of benzene rings is 1. The molecule has 18 heavy (non-hydrogen) atoms. The molecule has 3 rings (SSSR count). The lowest BCUT2D eigenvalue weighted by atomic mass is 10.2. The number of ether oxygens (including phenoxy) is 1. The van der Waals surface area contributed by atoms with E-state index in [1.807, 2.05) is 12.1 Å². The highest BCUT2D eigenvalue weighted by atomic mass is 16.5. The van der Waals surface area contributed by atoms with Crippen molar-refractivity contribution in [3.05, 3.63) is 41.6 Å². The van der Waals surface area contributed by atoms with Crippen molar-refractivity contribution in [1.82, 2.24) is 4.98 Å². The largest absolute Gasteiger partial charge is 0.506 e. The van der Waals surface area contributed by atoms with Crippen LogP contribution in [0.15, 0.2) is 30.3 Å². The van der Waals surface area contributed by atoms with Gasteiger partial charge in [-0.15, -0.1) is 0 Å². The Labute approximate surface area is 105 Å². The van der Waals surface area contributed by atoms with Gasteiger partial charge in [-0.25, -0.2) is 4.98 Å². The molecule has 92 valence electrons. The summed E-state index contributed by atoms with van der Waals surface area (Å²) in [6.07, 6.45) is 3.25. The van der Waals surface area contributed by atoms with E-state index < -0.39 is 0 Å². The Morgan fingerprint density at radius 2 is 2.06 bits per heavy atom. The molecule has 4 nitrogen and oxygen atoms in total. The van der Waals surface area contributed by atoms with Crippen LogP contribution < -0.4 is 10.5 Å². The number of hydrogen-bond donors (Lipinski definition) is 2. The summed E-state index contributed by atoms with van der Waals surface area (Å²) in [5, 5.41) is 9.51. The molecule has 0 amide bonds. The van der Waals surface area contributed by atoms with Crippen LogP contribution in [0, 0.1) is 0 Å². The summed E-state index contributed by atoms with van der Waals surface area (Å²) in [6, 6.07) is 8.81. The molecule has 2 aromatic rings. The average Bonchev–Trinajstić information content (AvgIpc) is 2.82. The first-order valence-electron chi connectivity index (χ1n) is 5.98. The Kier molecular flexibility index (Phi) is 2.55. The molecule has 1 heterocycles.